The van der Waals surface area contributed by atoms with Crippen LogP contribution in [0.15, 0.2) is 48.5 Å². The number of nitrogens with one attached hydrogen (secondary N) is 1. The zero-order valence-corrected chi connectivity index (χ0v) is 18.7. The van der Waals surface area contributed by atoms with E-state index in [1.807, 2.05) is 50.2 Å². The lowest BCUT2D eigenvalue weighted by Crippen LogP contribution is -2.51. The fourth-order valence-electron chi connectivity index (χ4n) is 4.13. The van der Waals surface area contributed by atoms with Crippen molar-refractivity contribution < 1.29 is 24.2 Å². The molecule has 3 rings (SSSR count). The van der Waals surface area contributed by atoms with Crippen molar-refractivity contribution >= 4 is 18.0 Å². The summed E-state index contributed by atoms with van der Waals surface area (Å²) in [5.74, 6) is -1.52. The van der Waals surface area contributed by atoms with Crippen molar-refractivity contribution in [2.24, 2.45) is 5.92 Å². The normalized spacial score (nSPS) is 13.2. The van der Waals surface area contributed by atoms with Crippen LogP contribution in [0, 0.1) is 5.92 Å². The lowest BCUT2D eigenvalue weighted by atomic mass is 9.98. The molecule has 32 heavy (non-hydrogen) atoms. The van der Waals surface area contributed by atoms with Gasteiger partial charge in [0.15, 0.2) is 0 Å². The van der Waals surface area contributed by atoms with Gasteiger partial charge in [0.25, 0.3) is 0 Å². The molecule has 2 N–H and O–H groups in total. The number of ether oxygens (including phenoxy) is 1. The Morgan fingerprint density at radius 3 is 2.09 bits per heavy atom. The lowest BCUT2D eigenvalue weighted by Gasteiger charge is -2.28. The smallest absolute Gasteiger partial charge is 0.407 e. The van der Waals surface area contributed by atoms with Crippen molar-refractivity contribution in [3.63, 3.8) is 0 Å². The third-order valence-corrected chi connectivity index (χ3v) is 5.84. The second kappa shape index (κ2) is 10.3. The molecule has 0 spiro atoms. The summed E-state index contributed by atoms with van der Waals surface area (Å²) in [6.07, 6.45) is -0.803. The second-order valence-corrected chi connectivity index (χ2v) is 8.25. The monoisotopic (exact) mass is 438 g/mol. The van der Waals surface area contributed by atoms with Crippen LogP contribution in [-0.2, 0) is 14.3 Å². The van der Waals surface area contributed by atoms with E-state index in [0.717, 1.165) is 22.3 Å². The van der Waals surface area contributed by atoms with Crippen molar-refractivity contribution in [3.8, 4) is 11.1 Å². The number of aliphatic carboxylic acids is 1. The van der Waals surface area contributed by atoms with Crippen LogP contribution in [0.4, 0.5) is 4.79 Å². The fraction of sp³-hybridized carbons (Fsp3) is 0.400. The van der Waals surface area contributed by atoms with E-state index in [1.165, 1.54) is 4.90 Å². The number of hydrogen-bond donors (Lipinski definition) is 2. The maximum Gasteiger partial charge on any atom is 0.407 e. The summed E-state index contributed by atoms with van der Waals surface area (Å²) in [5.41, 5.74) is 4.52. The SMILES string of the molecule is CCN(CCC(=O)O)C(=O)[C@@H](NC(=O)OCC1c2ccccc2-c2ccccc21)C(C)C. The van der Waals surface area contributed by atoms with Crippen molar-refractivity contribution in [1.29, 1.82) is 0 Å². The third kappa shape index (κ3) is 5.10. The van der Waals surface area contributed by atoms with Crippen LogP contribution in [0.2, 0.25) is 0 Å². The highest BCUT2D eigenvalue weighted by molar-refractivity contribution is 5.86. The highest BCUT2D eigenvalue weighted by atomic mass is 16.5. The Balaban J connectivity index is 1.66. The molecule has 0 aliphatic heterocycles. The van der Waals surface area contributed by atoms with Gasteiger partial charge in [0.05, 0.1) is 6.42 Å². The number of hydrogen-bond acceptors (Lipinski definition) is 4. The minimum Gasteiger partial charge on any atom is -0.481 e. The Labute approximate surface area is 188 Å². The maximum absolute atomic E-state index is 12.9. The van der Waals surface area contributed by atoms with E-state index in [4.69, 9.17) is 9.84 Å². The number of likely N-dealkylation sites (N-methyl/N-ethyl adjacent to an activating group) is 1. The number of carboxylic acid groups (broad SMARTS) is 1. The molecule has 0 unspecified atom stereocenters. The van der Waals surface area contributed by atoms with Gasteiger partial charge < -0.3 is 20.1 Å². The molecule has 2 aromatic carbocycles. The first-order chi connectivity index (χ1) is 15.3. The molecule has 0 radical (unpaired) electrons. The summed E-state index contributed by atoms with van der Waals surface area (Å²) in [4.78, 5) is 37.9. The highest BCUT2D eigenvalue weighted by Crippen LogP contribution is 2.44. The average molecular weight is 439 g/mol. The first-order valence-electron chi connectivity index (χ1n) is 11.0. The molecule has 1 atom stereocenters. The summed E-state index contributed by atoms with van der Waals surface area (Å²) in [6, 6.07) is 15.4. The topological polar surface area (TPSA) is 95.9 Å². The molecule has 1 aliphatic carbocycles. The Morgan fingerprint density at radius 1 is 1.03 bits per heavy atom. The number of carboxylic acids is 1. The minimum atomic E-state index is -0.971. The van der Waals surface area contributed by atoms with E-state index >= 15 is 0 Å². The lowest BCUT2D eigenvalue weighted by molar-refractivity contribution is -0.139. The van der Waals surface area contributed by atoms with Crippen LogP contribution in [0.5, 0.6) is 0 Å². The van der Waals surface area contributed by atoms with Crippen LogP contribution in [-0.4, -0.2) is 53.7 Å². The van der Waals surface area contributed by atoms with Crippen molar-refractivity contribution in [3.05, 3.63) is 59.7 Å². The molecule has 7 heteroatoms. The molecule has 0 saturated carbocycles. The first-order valence-corrected chi connectivity index (χ1v) is 11.0. The predicted molar refractivity (Wildman–Crippen MR) is 121 cm³/mol. The van der Waals surface area contributed by atoms with Gasteiger partial charge in [0.1, 0.15) is 12.6 Å². The van der Waals surface area contributed by atoms with Gasteiger partial charge >= 0.3 is 12.1 Å². The average Bonchev–Trinajstić information content (AvgIpc) is 3.09. The van der Waals surface area contributed by atoms with Crippen LogP contribution in [0.25, 0.3) is 11.1 Å². The Kier molecular flexibility index (Phi) is 7.51. The molecule has 7 nitrogen and oxygen atoms in total. The molecule has 0 fully saturated rings. The molecule has 1 aliphatic rings. The standard InChI is InChI=1S/C25H30N2O5/c1-4-27(14-13-22(28)29)24(30)23(16(2)3)26-25(31)32-15-21-19-11-7-5-9-17(19)18-10-6-8-12-20(18)21/h5-12,16,21,23H,4,13-15H2,1-3H3,(H,26,31)(H,28,29)/t23-/m0/s1. The molecule has 0 heterocycles. The second-order valence-electron chi connectivity index (χ2n) is 8.25. The van der Waals surface area contributed by atoms with Crippen molar-refractivity contribution in [1.82, 2.24) is 10.2 Å². The molecule has 0 aromatic heterocycles. The van der Waals surface area contributed by atoms with E-state index < -0.39 is 18.1 Å². The summed E-state index contributed by atoms with van der Waals surface area (Å²) < 4.78 is 5.57. The number of fused-ring (bicyclic) bond motifs is 3. The van der Waals surface area contributed by atoms with E-state index in [-0.39, 0.29) is 37.3 Å². The molecular formula is C25H30N2O5. The number of nitrogens with zero attached hydrogens (tertiary/aromatic N) is 1. The number of carbonyl (C=O) groups excluding carboxylic acids is 2. The Hall–Kier alpha value is -3.35. The van der Waals surface area contributed by atoms with Crippen LogP contribution in [0.3, 0.4) is 0 Å². The maximum atomic E-state index is 12.9. The number of alkyl carbamates (subject to hydrolysis) is 1. The minimum absolute atomic E-state index is 0.0657. The zero-order valence-electron chi connectivity index (χ0n) is 18.7. The largest absolute Gasteiger partial charge is 0.481 e. The number of rotatable bonds is 9. The molecule has 170 valence electrons. The number of benzene rings is 2. The Morgan fingerprint density at radius 2 is 1.59 bits per heavy atom. The van der Waals surface area contributed by atoms with Gasteiger partial charge in [0.2, 0.25) is 5.91 Å². The number of amides is 2. The molecule has 0 bridgehead atoms. The zero-order chi connectivity index (χ0) is 23.3. The highest BCUT2D eigenvalue weighted by Gasteiger charge is 2.31. The quantitative estimate of drug-likeness (QED) is 0.620. The number of carbonyl (C=O) groups is 3. The van der Waals surface area contributed by atoms with Crippen LogP contribution in [0.1, 0.15) is 44.2 Å². The van der Waals surface area contributed by atoms with Crippen molar-refractivity contribution in [2.75, 3.05) is 19.7 Å². The van der Waals surface area contributed by atoms with E-state index in [0.29, 0.717) is 6.54 Å². The molecule has 2 aromatic rings. The van der Waals surface area contributed by atoms with E-state index in [1.54, 1.807) is 6.92 Å². The Bertz CT molecular complexity index is 942. The molecular weight excluding hydrogens is 408 g/mol. The third-order valence-electron chi connectivity index (χ3n) is 5.84. The summed E-state index contributed by atoms with van der Waals surface area (Å²) in [5, 5.41) is 11.6. The van der Waals surface area contributed by atoms with Crippen LogP contribution >= 0.6 is 0 Å². The van der Waals surface area contributed by atoms with Crippen LogP contribution < -0.4 is 5.32 Å². The summed E-state index contributed by atoms with van der Waals surface area (Å²) in [6.45, 7) is 6.07. The van der Waals surface area contributed by atoms with E-state index in [9.17, 15) is 14.4 Å². The van der Waals surface area contributed by atoms with Gasteiger partial charge in [-0.15, -0.1) is 0 Å². The van der Waals surface area contributed by atoms with Gasteiger partial charge in [-0.1, -0.05) is 62.4 Å². The predicted octanol–water partition coefficient (Wildman–Crippen LogP) is 3.87. The molecule has 0 saturated heterocycles. The van der Waals surface area contributed by atoms with Gasteiger partial charge in [-0.3, -0.25) is 9.59 Å². The van der Waals surface area contributed by atoms with Gasteiger partial charge in [-0.05, 0) is 35.1 Å². The van der Waals surface area contributed by atoms with Gasteiger partial charge in [-0.25, -0.2) is 4.79 Å². The fourth-order valence-corrected chi connectivity index (χ4v) is 4.13. The summed E-state index contributed by atoms with van der Waals surface area (Å²) in [7, 11) is 0. The van der Waals surface area contributed by atoms with Gasteiger partial charge in [0, 0.05) is 19.0 Å². The molecule has 2 amide bonds. The van der Waals surface area contributed by atoms with Crippen molar-refractivity contribution in [2.45, 2.75) is 39.2 Å². The van der Waals surface area contributed by atoms with Gasteiger partial charge in [-0.2, -0.15) is 0 Å². The van der Waals surface area contributed by atoms with E-state index in [2.05, 4.69) is 17.4 Å². The first kappa shape index (κ1) is 23.3. The summed E-state index contributed by atoms with van der Waals surface area (Å²) >= 11 is 0.